The Kier molecular flexibility index (Phi) is 14.3. The fourth-order valence-corrected chi connectivity index (χ4v) is 6.46. The van der Waals surface area contributed by atoms with Crippen LogP contribution in [0.15, 0.2) is 79.9 Å². The largest absolute Gasteiger partial charge is 0.480 e. The minimum Gasteiger partial charge on any atom is -0.480 e. The second-order valence-corrected chi connectivity index (χ2v) is 13.9. The molecule has 0 spiro atoms. The zero-order valence-electron chi connectivity index (χ0n) is 30.1. The van der Waals surface area contributed by atoms with Gasteiger partial charge in [-0.05, 0) is 72.7 Å². The van der Waals surface area contributed by atoms with Gasteiger partial charge in [-0.15, -0.1) is 11.3 Å². The fraction of sp³-hybridized carbons (Fsp3) is 0.342. The molecule has 0 aliphatic carbocycles. The number of carboxylic acids is 1. The van der Waals surface area contributed by atoms with Crippen molar-refractivity contribution in [2.45, 2.75) is 69.9 Å². The highest BCUT2D eigenvalue weighted by molar-refractivity contribution is 7.13. The molecule has 5 rings (SSSR count). The first-order valence-electron chi connectivity index (χ1n) is 18.0. The first-order valence-corrected chi connectivity index (χ1v) is 18.9. The van der Waals surface area contributed by atoms with E-state index in [0.717, 1.165) is 49.0 Å². The van der Waals surface area contributed by atoms with Crippen molar-refractivity contribution in [1.29, 1.82) is 0 Å². The van der Waals surface area contributed by atoms with E-state index in [0.29, 0.717) is 36.6 Å². The molecular formula is C38H44N10O6S. The van der Waals surface area contributed by atoms with Gasteiger partial charge in [0.15, 0.2) is 11.5 Å². The lowest BCUT2D eigenvalue weighted by Gasteiger charge is -2.17. The van der Waals surface area contributed by atoms with Crippen molar-refractivity contribution in [1.82, 2.24) is 10.6 Å². The van der Waals surface area contributed by atoms with E-state index >= 15 is 0 Å². The van der Waals surface area contributed by atoms with Crippen LogP contribution in [0.5, 0.6) is 0 Å². The number of nitrogens with two attached hydrogens (primary N) is 2. The SMILES string of the molecule is NC1=NC(=O)C2=NC(CNc3ccc(C(=O)N[C@@H](CCC(=O)NCCCCCCCCC(=O)Nc4cc(-c5cccs5)ccc4N)C(=O)O)cc3)C=NC2=N1. The van der Waals surface area contributed by atoms with Crippen molar-refractivity contribution in [3.8, 4) is 10.4 Å². The van der Waals surface area contributed by atoms with Gasteiger partial charge in [0.25, 0.3) is 5.91 Å². The smallest absolute Gasteiger partial charge is 0.326 e. The quantitative estimate of drug-likeness (QED) is 0.0647. The standard InChI is InChI=1S/C38H44N10O6S/c39-27-15-12-24(30-8-7-19-55-30)20-29(27)45-32(50)9-5-3-1-2-4-6-18-41-31(49)17-16-28(37(53)54)46-35(51)23-10-13-25(14-11-23)42-21-26-22-43-34-33(44-26)36(52)48-38(40)47-34/h7-8,10-15,19-20,22,26,28,42H,1-6,9,16-18,21,39H2,(H,41,49)(H,45,50)(H,46,51)(H,53,54)(H2,40,48,52)/t26?,28-/m0/s1. The summed E-state index contributed by atoms with van der Waals surface area (Å²) < 4.78 is 0. The van der Waals surface area contributed by atoms with Crippen molar-refractivity contribution in [2.75, 3.05) is 29.5 Å². The summed E-state index contributed by atoms with van der Waals surface area (Å²) in [6.45, 7) is 0.767. The third-order valence-corrected chi connectivity index (χ3v) is 9.65. The maximum absolute atomic E-state index is 12.8. The molecule has 3 heterocycles. The van der Waals surface area contributed by atoms with E-state index in [1.165, 1.54) is 18.3 Å². The van der Waals surface area contributed by atoms with Gasteiger partial charge in [0, 0.05) is 48.3 Å². The number of anilines is 3. The highest BCUT2D eigenvalue weighted by atomic mass is 32.1. The average Bonchev–Trinajstić information content (AvgIpc) is 3.71. The van der Waals surface area contributed by atoms with Crippen molar-refractivity contribution < 1.29 is 29.1 Å². The minimum atomic E-state index is -1.24. The number of nitrogens with one attached hydrogen (secondary N) is 4. The molecular weight excluding hydrogens is 725 g/mol. The summed E-state index contributed by atoms with van der Waals surface area (Å²) in [4.78, 5) is 78.6. The number of nitrogens with zero attached hydrogens (tertiary/aromatic N) is 4. The van der Waals surface area contributed by atoms with Crippen LogP contribution in [0.4, 0.5) is 17.1 Å². The molecule has 0 saturated heterocycles. The maximum Gasteiger partial charge on any atom is 0.326 e. The Labute approximate surface area is 321 Å². The Morgan fingerprint density at radius 3 is 2.40 bits per heavy atom. The Morgan fingerprint density at radius 2 is 1.65 bits per heavy atom. The van der Waals surface area contributed by atoms with Crippen LogP contribution in [0, 0.1) is 0 Å². The number of thiophene rings is 1. The lowest BCUT2D eigenvalue weighted by molar-refractivity contribution is -0.139. The minimum absolute atomic E-state index is 0.0410. The molecule has 2 aliphatic rings. The Balaban J connectivity index is 0.912. The van der Waals surface area contributed by atoms with Gasteiger partial charge >= 0.3 is 11.9 Å². The van der Waals surface area contributed by atoms with Gasteiger partial charge < -0.3 is 37.8 Å². The zero-order chi connectivity index (χ0) is 39.2. The molecule has 0 bridgehead atoms. The van der Waals surface area contributed by atoms with Crippen molar-refractivity contribution in [3.63, 3.8) is 0 Å². The third-order valence-electron chi connectivity index (χ3n) is 8.73. The van der Waals surface area contributed by atoms with Gasteiger partial charge in [-0.25, -0.2) is 9.79 Å². The number of amidine groups is 1. The van der Waals surface area contributed by atoms with Crippen LogP contribution >= 0.6 is 11.3 Å². The number of amides is 4. The van der Waals surface area contributed by atoms with Gasteiger partial charge in [0.1, 0.15) is 12.1 Å². The Hall–Kier alpha value is -6.23. The van der Waals surface area contributed by atoms with Crippen LogP contribution in [0.2, 0.25) is 0 Å². The van der Waals surface area contributed by atoms with Crippen LogP contribution in [0.3, 0.4) is 0 Å². The highest BCUT2D eigenvalue weighted by Gasteiger charge is 2.27. The van der Waals surface area contributed by atoms with E-state index in [4.69, 9.17) is 11.5 Å². The van der Waals surface area contributed by atoms with E-state index in [-0.39, 0.29) is 47.7 Å². The molecule has 16 nitrogen and oxygen atoms in total. The number of hydrogen-bond donors (Lipinski definition) is 7. The summed E-state index contributed by atoms with van der Waals surface area (Å²) in [6.07, 6.45) is 7.12. The van der Waals surface area contributed by atoms with Crippen molar-refractivity contribution in [3.05, 3.63) is 65.5 Å². The molecule has 288 valence electrons. The van der Waals surface area contributed by atoms with E-state index in [9.17, 15) is 29.1 Å². The number of carbonyl (C=O) groups is 5. The summed E-state index contributed by atoms with van der Waals surface area (Å²) in [5.74, 6) is -2.82. The van der Waals surface area contributed by atoms with Gasteiger partial charge in [-0.1, -0.05) is 37.8 Å². The highest BCUT2D eigenvalue weighted by Crippen LogP contribution is 2.30. The number of guanidine groups is 1. The molecule has 4 amide bonds. The number of aliphatic carboxylic acids is 1. The average molecular weight is 769 g/mol. The van der Waals surface area contributed by atoms with E-state index in [2.05, 4.69) is 41.2 Å². The van der Waals surface area contributed by atoms with Gasteiger partial charge in [0.2, 0.25) is 17.8 Å². The third kappa shape index (κ3) is 12.1. The molecule has 1 unspecified atom stereocenters. The summed E-state index contributed by atoms with van der Waals surface area (Å²) >= 11 is 1.63. The number of carbonyl (C=O) groups excluding carboxylic acids is 4. The van der Waals surface area contributed by atoms with E-state index < -0.39 is 29.9 Å². The fourth-order valence-electron chi connectivity index (χ4n) is 5.74. The predicted octanol–water partition coefficient (Wildman–Crippen LogP) is 4.01. The molecule has 2 atom stereocenters. The lowest BCUT2D eigenvalue weighted by atomic mass is 10.1. The number of carboxylic acid groups (broad SMARTS) is 1. The molecule has 0 radical (unpaired) electrons. The summed E-state index contributed by atoms with van der Waals surface area (Å²) in [7, 11) is 0. The predicted molar refractivity (Wildman–Crippen MR) is 215 cm³/mol. The van der Waals surface area contributed by atoms with Crippen LogP contribution in [-0.4, -0.2) is 83.6 Å². The van der Waals surface area contributed by atoms with Gasteiger partial charge in [-0.2, -0.15) is 9.98 Å². The molecule has 17 heteroatoms. The molecule has 0 fully saturated rings. The van der Waals surface area contributed by atoms with Crippen LogP contribution in [0.25, 0.3) is 10.4 Å². The van der Waals surface area contributed by atoms with Crippen molar-refractivity contribution >= 4 is 81.7 Å². The zero-order valence-corrected chi connectivity index (χ0v) is 30.9. The normalized spacial score (nSPS) is 15.2. The van der Waals surface area contributed by atoms with E-state index in [1.54, 1.807) is 29.5 Å². The van der Waals surface area contributed by atoms with Gasteiger partial charge in [0.05, 0.1) is 11.4 Å². The topological polar surface area (TPSA) is 255 Å². The molecule has 1 aromatic heterocycles. The lowest BCUT2D eigenvalue weighted by Crippen LogP contribution is -2.41. The number of fused-ring (bicyclic) bond motifs is 1. The second kappa shape index (κ2) is 19.7. The number of unbranched alkanes of at least 4 members (excludes halogenated alkanes) is 5. The number of nitrogen functional groups attached to an aromatic ring is 1. The maximum atomic E-state index is 12.8. The Bertz CT molecular complexity index is 1990. The first-order chi connectivity index (χ1) is 26.5. The first kappa shape index (κ1) is 40.0. The van der Waals surface area contributed by atoms with E-state index in [1.807, 2.05) is 29.6 Å². The van der Waals surface area contributed by atoms with Crippen LogP contribution in [-0.2, 0) is 19.2 Å². The number of benzene rings is 2. The van der Waals surface area contributed by atoms with Crippen LogP contribution in [0.1, 0.15) is 68.1 Å². The summed E-state index contributed by atoms with van der Waals surface area (Å²) in [6, 6.07) is 14.3. The number of hydrogen-bond acceptors (Lipinski definition) is 12. The molecule has 9 N–H and O–H groups in total. The molecule has 0 saturated carbocycles. The number of rotatable bonds is 20. The van der Waals surface area contributed by atoms with Gasteiger partial charge in [-0.3, -0.25) is 24.2 Å². The molecule has 2 aliphatic heterocycles. The second-order valence-electron chi connectivity index (χ2n) is 12.9. The Morgan fingerprint density at radius 1 is 0.891 bits per heavy atom. The molecule has 55 heavy (non-hydrogen) atoms. The summed E-state index contributed by atoms with van der Waals surface area (Å²) in [5, 5.41) is 23.0. The number of aliphatic imine (C=N–C) groups is 4. The monoisotopic (exact) mass is 768 g/mol. The van der Waals surface area contributed by atoms with Crippen LogP contribution < -0.4 is 32.7 Å². The summed E-state index contributed by atoms with van der Waals surface area (Å²) in [5.41, 5.74) is 14.7. The molecule has 2 aromatic carbocycles. The molecule has 3 aromatic rings. The van der Waals surface area contributed by atoms with Crippen molar-refractivity contribution in [2.24, 2.45) is 25.7 Å².